The number of aryl methyl sites for hydroxylation is 1. The van der Waals surface area contributed by atoms with Gasteiger partial charge in [-0.15, -0.1) is 0 Å². The Balaban J connectivity index is 1.73. The van der Waals surface area contributed by atoms with E-state index in [1.165, 1.54) is 4.90 Å². The number of hydrogen-bond acceptors (Lipinski definition) is 4. The van der Waals surface area contributed by atoms with Crippen LogP contribution in [0, 0.1) is 24.2 Å². The number of carbonyl (C=O) groups is 2. The average Bonchev–Trinajstić information content (AvgIpc) is 3.14. The van der Waals surface area contributed by atoms with Gasteiger partial charge < -0.3 is 5.32 Å². The molecule has 1 aromatic carbocycles. The molecule has 2 atom stereocenters. The standard InChI is InChI=1S/C21H23N5O2/c1-14-8-6-7-11-21(14)19(27)25(20(28)23-21)13-18-17(12-22)15(2)24-26(18)16-9-4-3-5-10-16/h3-5,9-10,14H,6-8,11,13H2,1-2H3,(H,23,28)/t14-,21+/m1/s1. The van der Waals surface area contributed by atoms with Gasteiger partial charge >= 0.3 is 6.03 Å². The fourth-order valence-corrected chi connectivity index (χ4v) is 4.44. The number of nitriles is 1. The molecule has 1 saturated heterocycles. The van der Waals surface area contributed by atoms with Crippen molar-refractivity contribution in [2.75, 3.05) is 0 Å². The lowest BCUT2D eigenvalue weighted by molar-refractivity contribution is -0.134. The van der Waals surface area contributed by atoms with Crippen LogP contribution in [-0.2, 0) is 11.3 Å². The highest BCUT2D eigenvalue weighted by molar-refractivity contribution is 6.07. The van der Waals surface area contributed by atoms with E-state index in [1.807, 2.05) is 37.3 Å². The highest BCUT2D eigenvalue weighted by atomic mass is 16.2. The molecule has 144 valence electrons. The predicted octanol–water partition coefficient (Wildman–Crippen LogP) is 3.05. The second-order valence-electron chi connectivity index (χ2n) is 7.71. The van der Waals surface area contributed by atoms with Crippen LogP contribution in [-0.4, -0.2) is 32.2 Å². The van der Waals surface area contributed by atoms with Crippen molar-refractivity contribution in [2.45, 2.75) is 51.6 Å². The molecule has 2 aliphatic rings. The second kappa shape index (κ2) is 6.79. The fraction of sp³-hybridized carbons (Fsp3) is 0.429. The van der Waals surface area contributed by atoms with Crippen LogP contribution in [0.1, 0.15) is 49.6 Å². The Morgan fingerprint density at radius 1 is 1.29 bits per heavy atom. The number of para-hydroxylation sites is 1. The third-order valence-corrected chi connectivity index (χ3v) is 6.08. The van der Waals surface area contributed by atoms with E-state index in [9.17, 15) is 14.9 Å². The summed E-state index contributed by atoms with van der Waals surface area (Å²) < 4.78 is 1.66. The topological polar surface area (TPSA) is 91.0 Å². The van der Waals surface area contributed by atoms with Gasteiger partial charge in [-0.1, -0.05) is 38.0 Å². The Morgan fingerprint density at radius 2 is 2.04 bits per heavy atom. The average molecular weight is 377 g/mol. The van der Waals surface area contributed by atoms with Crippen LogP contribution in [0.2, 0.25) is 0 Å². The summed E-state index contributed by atoms with van der Waals surface area (Å²) in [6, 6.07) is 11.2. The van der Waals surface area contributed by atoms with Crippen molar-refractivity contribution in [1.82, 2.24) is 20.0 Å². The number of nitrogens with zero attached hydrogens (tertiary/aromatic N) is 4. The van der Waals surface area contributed by atoms with Gasteiger partial charge in [0.15, 0.2) is 0 Å². The van der Waals surface area contributed by atoms with Gasteiger partial charge in [0.05, 0.1) is 29.2 Å². The van der Waals surface area contributed by atoms with E-state index in [0.29, 0.717) is 23.4 Å². The van der Waals surface area contributed by atoms with E-state index in [1.54, 1.807) is 11.6 Å². The van der Waals surface area contributed by atoms with E-state index < -0.39 is 5.54 Å². The van der Waals surface area contributed by atoms with Crippen LogP contribution in [0.3, 0.4) is 0 Å². The SMILES string of the molecule is Cc1nn(-c2ccccc2)c(CN2C(=O)N[C@]3(CCCC[C@H]3C)C2=O)c1C#N. The zero-order valence-electron chi connectivity index (χ0n) is 16.1. The number of carbonyl (C=O) groups excluding carboxylic acids is 2. The molecule has 0 radical (unpaired) electrons. The molecule has 7 heteroatoms. The lowest BCUT2D eigenvalue weighted by Gasteiger charge is -2.36. The molecule has 28 heavy (non-hydrogen) atoms. The number of amides is 3. The zero-order valence-corrected chi connectivity index (χ0v) is 16.1. The molecule has 3 amide bonds. The molecular formula is C21H23N5O2. The van der Waals surface area contributed by atoms with Gasteiger partial charge in [-0.25, -0.2) is 9.48 Å². The normalized spacial score (nSPS) is 24.5. The Morgan fingerprint density at radius 3 is 2.71 bits per heavy atom. The van der Waals surface area contributed by atoms with E-state index in [4.69, 9.17) is 0 Å². The smallest absolute Gasteiger partial charge is 0.323 e. The maximum absolute atomic E-state index is 13.3. The lowest BCUT2D eigenvalue weighted by Crippen LogP contribution is -2.53. The van der Waals surface area contributed by atoms with Gasteiger partial charge in [0.1, 0.15) is 11.6 Å². The van der Waals surface area contributed by atoms with Crippen molar-refractivity contribution >= 4 is 11.9 Å². The summed E-state index contributed by atoms with van der Waals surface area (Å²) in [4.78, 5) is 27.3. The maximum atomic E-state index is 13.3. The second-order valence-corrected chi connectivity index (χ2v) is 7.71. The highest BCUT2D eigenvalue weighted by Gasteiger charge is 2.55. The van der Waals surface area contributed by atoms with Crippen molar-refractivity contribution in [1.29, 1.82) is 5.26 Å². The minimum absolute atomic E-state index is 0.0256. The molecule has 1 aliphatic heterocycles. The summed E-state index contributed by atoms with van der Waals surface area (Å²) in [6.45, 7) is 3.82. The molecule has 0 bridgehead atoms. The first-order valence-electron chi connectivity index (χ1n) is 9.66. The lowest BCUT2D eigenvalue weighted by atomic mass is 9.73. The number of rotatable bonds is 3. The molecule has 1 aromatic heterocycles. The third-order valence-electron chi connectivity index (χ3n) is 6.08. The molecule has 2 fully saturated rings. The van der Waals surface area contributed by atoms with Crippen molar-refractivity contribution in [3.05, 3.63) is 47.3 Å². The number of imide groups is 1. The molecule has 1 spiro atoms. The monoisotopic (exact) mass is 377 g/mol. The Labute approximate surface area is 163 Å². The van der Waals surface area contributed by atoms with E-state index in [2.05, 4.69) is 16.5 Å². The van der Waals surface area contributed by atoms with Crippen molar-refractivity contribution in [3.8, 4) is 11.8 Å². The maximum Gasteiger partial charge on any atom is 0.325 e. The number of benzene rings is 1. The van der Waals surface area contributed by atoms with Crippen molar-refractivity contribution in [3.63, 3.8) is 0 Å². The molecular weight excluding hydrogens is 354 g/mol. The molecule has 1 aliphatic carbocycles. The first kappa shape index (κ1) is 18.2. The molecule has 1 saturated carbocycles. The third kappa shape index (κ3) is 2.68. The van der Waals surface area contributed by atoms with Gasteiger partial charge in [-0.2, -0.15) is 10.4 Å². The van der Waals surface area contributed by atoms with E-state index in [-0.39, 0.29) is 24.4 Å². The zero-order chi connectivity index (χ0) is 19.9. The molecule has 2 aromatic rings. The minimum Gasteiger partial charge on any atom is -0.323 e. The molecule has 0 unspecified atom stereocenters. The van der Waals surface area contributed by atoms with Crippen LogP contribution < -0.4 is 5.32 Å². The molecule has 7 nitrogen and oxygen atoms in total. The van der Waals surface area contributed by atoms with Gasteiger partial charge in [0.25, 0.3) is 5.91 Å². The van der Waals surface area contributed by atoms with Crippen LogP contribution >= 0.6 is 0 Å². The largest absolute Gasteiger partial charge is 0.325 e. The van der Waals surface area contributed by atoms with Crippen LogP contribution in [0.25, 0.3) is 5.69 Å². The summed E-state index contributed by atoms with van der Waals surface area (Å²) in [5, 5.41) is 17.1. The summed E-state index contributed by atoms with van der Waals surface area (Å²) in [5.74, 6) is -0.0917. The molecule has 1 N–H and O–H groups in total. The first-order valence-corrected chi connectivity index (χ1v) is 9.66. The number of urea groups is 1. The fourth-order valence-electron chi connectivity index (χ4n) is 4.44. The molecule has 4 rings (SSSR count). The van der Waals surface area contributed by atoms with Gasteiger partial charge in [0.2, 0.25) is 0 Å². The van der Waals surface area contributed by atoms with Crippen LogP contribution in [0.15, 0.2) is 30.3 Å². The molecule has 2 heterocycles. The number of hydrogen-bond donors (Lipinski definition) is 1. The Bertz CT molecular complexity index is 975. The summed E-state index contributed by atoms with van der Waals surface area (Å²) in [6.07, 6.45) is 3.58. The van der Waals surface area contributed by atoms with Crippen molar-refractivity contribution < 1.29 is 9.59 Å². The van der Waals surface area contributed by atoms with Crippen LogP contribution in [0.5, 0.6) is 0 Å². The quantitative estimate of drug-likeness (QED) is 0.832. The summed E-state index contributed by atoms with van der Waals surface area (Å²) >= 11 is 0. The Kier molecular flexibility index (Phi) is 4.42. The highest BCUT2D eigenvalue weighted by Crippen LogP contribution is 2.38. The number of nitrogens with one attached hydrogen (secondary N) is 1. The first-order chi connectivity index (χ1) is 13.5. The van der Waals surface area contributed by atoms with Gasteiger partial charge in [0, 0.05) is 0 Å². The predicted molar refractivity (Wildman–Crippen MR) is 102 cm³/mol. The van der Waals surface area contributed by atoms with E-state index in [0.717, 1.165) is 24.9 Å². The minimum atomic E-state index is -0.811. The number of aromatic nitrogens is 2. The van der Waals surface area contributed by atoms with Gasteiger partial charge in [-0.05, 0) is 37.8 Å². The van der Waals surface area contributed by atoms with Crippen molar-refractivity contribution in [2.24, 2.45) is 5.92 Å². The van der Waals surface area contributed by atoms with Gasteiger partial charge in [-0.3, -0.25) is 9.69 Å². The van der Waals surface area contributed by atoms with E-state index >= 15 is 0 Å². The Hall–Kier alpha value is -3.14. The summed E-state index contributed by atoms with van der Waals surface area (Å²) in [7, 11) is 0. The summed E-state index contributed by atoms with van der Waals surface area (Å²) in [5.41, 5.74) is 1.51. The van der Waals surface area contributed by atoms with Crippen LogP contribution in [0.4, 0.5) is 4.79 Å².